The van der Waals surface area contributed by atoms with Crippen LogP contribution in [-0.4, -0.2) is 28.2 Å². The third kappa shape index (κ3) is 4.64. The molecule has 0 radical (unpaired) electrons. The smallest absolute Gasteiger partial charge is 0.244 e. The Bertz CT molecular complexity index is 3070. The lowest BCUT2D eigenvalue weighted by atomic mass is 9.59. The maximum absolute atomic E-state index is 6.91. The summed E-state index contributed by atoms with van der Waals surface area (Å²) in [6.45, 7) is 4.64. The maximum Gasteiger partial charge on any atom is 0.244 e. The summed E-state index contributed by atoms with van der Waals surface area (Å²) in [5.41, 5.74) is 14.8. The number of para-hydroxylation sites is 2. The molecule has 11 rings (SSSR count). The van der Waals surface area contributed by atoms with Crippen molar-refractivity contribution in [1.82, 2.24) is 14.1 Å². The molecular formula is C51H41N5O. The summed E-state index contributed by atoms with van der Waals surface area (Å²) in [5.74, 6) is 2.67. The van der Waals surface area contributed by atoms with E-state index in [1.165, 1.54) is 50.0 Å². The van der Waals surface area contributed by atoms with Gasteiger partial charge in [-0.2, -0.15) is 0 Å². The van der Waals surface area contributed by atoms with E-state index in [1.54, 1.807) is 0 Å². The molecule has 3 aromatic heterocycles. The van der Waals surface area contributed by atoms with Crippen LogP contribution in [0.4, 0.5) is 5.69 Å². The fourth-order valence-electron chi connectivity index (χ4n) is 9.84. The van der Waals surface area contributed by atoms with Crippen molar-refractivity contribution in [2.45, 2.75) is 25.2 Å². The minimum Gasteiger partial charge on any atom is -0.458 e. The van der Waals surface area contributed by atoms with Crippen LogP contribution < -0.4 is 14.2 Å². The average molecular weight is 740 g/mol. The molecule has 6 heteroatoms. The van der Waals surface area contributed by atoms with E-state index in [0.29, 0.717) is 0 Å². The summed E-state index contributed by atoms with van der Waals surface area (Å²) < 4.78 is 13.5. The van der Waals surface area contributed by atoms with E-state index in [1.807, 2.05) is 18.3 Å². The van der Waals surface area contributed by atoms with Crippen LogP contribution in [0.2, 0.25) is 0 Å². The average Bonchev–Trinajstić information content (AvgIpc) is 3.70. The number of ether oxygens (including phenoxy) is 1. The molecule has 1 aliphatic heterocycles. The lowest BCUT2D eigenvalue weighted by Gasteiger charge is -2.46. The molecule has 6 aromatic carbocycles. The largest absolute Gasteiger partial charge is 0.458 e. The van der Waals surface area contributed by atoms with Crippen LogP contribution in [0.5, 0.6) is 11.5 Å². The highest BCUT2D eigenvalue weighted by Gasteiger charge is 2.49. The molecule has 4 heterocycles. The summed E-state index contributed by atoms with van der Waals surface area (Å²) in [7, 11) is 6.42. The molecular weight excluding hydrogens is 699 g/mol. The fourth-order valence-corrected chi connectivity index (χ4v) is 9.84. The number of nitrogens with zero attached hydrogens (tertiary/aromatic N) is 5. The number of fused-ring (bicyclic) bond motifs is 11. The molecule has 2 aliphatic rings. The van der Waals surface area contributed by atoms with Gasteiger partial charge in [-0.25, -0.2) is 4.98 Å². The van der Waals surface area contributed by atoms with Gasteiger partial charge in [-0.1, -0.05) is 105 Å². The van der Waals surface area contributed by atoms with Gasteiger partial charge in [0.2, 0.25) is 6.33 Å². The number of hydrogen-bond acceptors (Lipinski definition) is 3. The Morgan fingerprint density at radius 2 is 1.44 bits per heavy atom. The summed E-state index contributed by atoms with van der Waals surface area (Å²) >= 11 is 0. The molecule has 57 heavy (non-hydrogen) atoms. The van der Waals surface area contributed by atoms with E-state index < -0.39 is 5.41 Å². The summed E-state index contributed by atoms with van der Waals surface area (Å²) in [6.07, 6.45) is 10.2. The van der Waals surface area contributed by atoms with Crippen LogP contribution in [0.1, 0.15) is 58.7 Å². The molecule has 0 saturated carbocycles. The van der Waals surface area contributed by atoms with Crippen LogP contribution in [0, 0.1) is 6.33 Å². The van der Waals surface area contributed by atoms with E-state index in [0.717, 1.165) is 50.5 Å². The normalized spacial score (nSPS) is 15.3. The summed E-state index contributed by atoms with van der Waals surface area (Å²) in [5, 5.41) is 2.33. The molecule has 1 unspecified atom stereocenters. The molecule has 276 valence electrons. The second kappa shape index (κ2) is 12.3. The zero-order chi connectivity index (χ0) is 38.6. The topological polar surface area (TPSA) is 39.1 Å². The van der Waals surface area contributed by atoms with E-state index >= 15 is 0 Å². The first-order chi connectivity index (χ1) is 27.8. The Balaban J connectivity index is 1.19. The van der Waals surface area contributed by atoms with Crippen LogP contribution >= 0.6 is 0 Å². The van der Waals surface area contributed by atoms with Gasteiger partial charge in [-0.15, -0.1) is 0 Å². The lowest BCUT2D eigenvalue weighted by molar-refractivity contribution is -0.649. The van der Waals surface area contributed by atoms with E-state index in [-0.39, 0.29) is 5.92 Å². The molecule has 9 aromatic rings. The number of aromatic nitrogens is 4. The van der Waals surface area contributed by atoms with Crippen molar-refractivity contribution in [2.75, 3.05) is 19.0 Å². The zero-order valence-corrected chi connectivity index (χ0v) is 32.7. The molecule has 0 bridgehead atoms. The molecule has 6 nitrogen and oxygen atoms in total. The van der Waals surface area contributed by atoms with Crippen molar-refractivity contribution in [2.24, 2.45) is 7.05 Å². The zero-order valence-electron chi connectivity index (χ0n) is 32.7. The van der Waals surface area contributed by atoms with Crippen molar-refractivity contribution in [1.29, 1.82) is 0 Å². The van der Waals surface area contributed by atoms with Crippen LogP contribution in [0.25, 0.3) is 56.5 Å². The Labute approximate surface area is 332 Å². The highest BCUT2D eigenvalue weighted by molar-refractivity contribution is 6.09. The summed E-state index contributed by atoms with van der Waals surface area (Å²) in [6, 6.07) is 48.0. The Hall–Kier alpha value is -6.92. The van der Waals surface area contributed by atoms with Gasteiger partial charge in [0.15, 0.2) is 0 Å². The van der Waals surface area contributed by atoms with Crippen molar-refractivity contribution >= 4 is 50.7 Å². The number of benzene rings is 6. The van der Waals surface area contributed by atoms with Crippen molar-refractivity contribution < 1.29 is 9.30 Å². The monoisotopic (exact) mass is 739 g/mol. The molecule has 0 saturated heterocycles. The lowest BCUT2D eigenvalue weighted by Crippen LogP contribution is -2.38. The summed E-state index contributed by atoms with van der Waals surface area (Å²) in [4.78, 5) is 7.02. The van der Waals surface area contributed by atoms with Gasteiger partial charge in [-0.3, -0.25) is 4.57 Å². The molecule has 0 amide bonds. The van der Waals surface area contributed by atoms with Crippen LogP contribution in [-0.2, 0) is 12.5 Å². The quantitative estimate of drug-likeness (QED) is 0.130. The number of aryl methyl sites for hydroxylation is 1. The predicted molar refractivity (Wildman–Crippen MR) is 231 cm³/mol. The van der Waals surface area contributed by atoms with Gasteiger partial charge in [0.05, 0.1) is 40.2 Å². The highest BCUT2D eigenvalue weighted by Crippen LogP contribution is 2.59. The first-order valence-corrected chi connectivity index (χ1v) is 19.7. The molecule has 0 N–H and O–H groups in total. The number of anilines is 1. The Kier molecular flexibility index (Phi) is 7.21. The Morgan fingerprint density at radius 3 is 2.25 bits per heavy atom. The van der Waals surface area contributed by atoms with E-state index in [9.17, 15) is 0 Å². The third-order valence-corrected chi connectivity index (χ3v) is 12.1. The first-order valence-electron chi connectivity index (χ1n) is 19.7. The van der Waals surface area contributed by atoms with Gasteiger partial charge in [0.1, 0.15) is 17.3 Å². The van der Waals surface area contributed by atoms with Gasteiger partial charge in [0.25, 0.3) is 0 Å². The van der Waals surface area contributed by atoms with Gasteiger partial charge in [0, 0.05) is 48.4 Å². The number of imidazole rings is 1. The SMILES string of the molecule is CC(C)c1cccc2c1C1(c3ccc(Oc4ccc5c6ccccc6n(-c6ccccn6)c5c4)cc3-n3[c-][n+](C)c4cccc1c43)c1c(cccc1N(C)C)C=C2. The highest BCUT2D eigenvalue weighted by atomic mass is 16.5. The predicted octanol–water partition coefficient (Wildman–Crippen LogP) is 10.9. The van der Waals surface area contributed by atoms with Gasteiger partial charge >= 0.3 is 0 Å². The van der Waals surface area contributed by atoms with Crippen molar-refractivity contribution in [3.05, 3.63) is 185 Å². The fraction of sp³-hybridized carbons (Fsp3) is 0.137. The number of rotatable bonds is 5. The van der Waals surface area contributed by atoms with Crippen LogP contribution in [0.3, 0.4) is 0 Å². The number of pyridine rings is 1. The molecule has 1 spiro atoms. The number of hydrogen-bond donors (Lipinski definition) is 0. The molecule has 0 fully saturated rings. The van der Waals surface area contributed by atoms with Gasteiger partial charge < -0.3 is 18.8 Å². The molecule has 1 aliphatic carbocycles. The third-order valence-electron chi connectivity index (χ3n) is 12.1. The van der Waals surface area contributed by atoms with E-state index in [2.05, 4.69) is 193 Å². The second-order valence-electron chi connectivity index (χ2n) is 15.9. The van der Waals surface area contributed by atoms with E-state index in [4.69, 9.17) is 9.72 Å². The second-order valence-corrected chi connectivity index (χ2v) is 15.9. The van der Waals surface area contributed by atoms with Crippen LogP contribution in [0.15, 0.2) is 140 Å². The van der Waals surface area contributed by atoms with Gasteiger partial charge in [-0.05, 0) is 87.8 Å². The standard InChI is InChI=1S/C51H41N5O/c1-32(2)37-16-10-13-33-22-23-34-14-11-19-43(53(3)4)49(34)51(48(33)37)40-27-25-36(30-46(40)55-31-54(5)44-20-12-17-41(51)50(44)55)57-35-24-26-39-38-15-6-7-18-42(38)56(45(39)29-35)47-21-8-9-28-52-47/h6-30,32H,1-5H3. The maximum atomic E-state index is 6.91. The first kappa shape index (κ1) is 33.4. The minimum atomic E-state index is -0.666. The Morgan fingerprint density at radius 1 is 0.702 bits per heavy atom. The van der Waals surface area contributed by atoms with Crippen molar-refractivity contribution in [3.8, 4) is 23.0 Å². The molecule has 1 atom stereocenters. The van der Waals surface area contributed by atoms with Crippen molar-refractivity contribution in [3.63, 3.8) is 0 Å². The minimum absolute atomic E-state index is 0.288.